The molecule has 2 heteroatoms. The third kappa shape index (κ3) is 4.13. The summed E-state index contributed by atoms with van der Waals surface area (Å²) in [7, 11) is 0. The minimum absolute atomic E-state index is 1.07. The Morgan fingerprint density at radius 1 is 0.600 bits per heavy atom. The van der Waals surface area contributed by atoms with Gasteiger partial charge in [-0.2, -0.15) is 0 Å². The number of nitrogens with zero attached hydrogens (tertiary/aromatic N) is 2. The zero-order valence-corrected chi connectivity index (χ0v) is 16.7. The van der Waals surface area contributed by atoms with Gasteiger partial charge < -0.3 is 0 Å². The fourth-order valence-corrected chi connectivity index (χ4v) is 4.33. The molecule has 1 saturated heterocycles. The first-order valence-electron chi connectivity index (χ1n) is 9.41. The van der Waals surface area contributed by atoms with Crippen molar-refractivity contribution < 1.29 is 0 Å². The van der Waals surface area contributed by atoms with E-state index in [1.54, 1.807) is 0 Å². The molecule has 0 N–H and O–H groups in total. The van der Waals surface area contributed by atoms with Gasteiger partial charge in [0.2, 0.25) is 0 Å². The van der Waals surface area contributed by atoms with E-state index in [-0.39, 0.29) is 0 Å². The first-order chi connectivity index (χ1) is 11.8. The minimum Gasteiger partial charge on any atom is -0.285 e. The van der Waals surface area contributed by atoms with Crippen LogP contribution >= 0.6 is 0 Å². The molecule has 134 valence electrons. The van der Waals surface area contributed by atoms with Crippen molar-refractivity contribution in [3.05, 3.63) is 68.8 Å². The Bertz CT molecular complexity index is 664. The van der Waals surface area contributed by atoms with E-state index in [1.807, 2.05) is 0 Å². The Morgan fingerprint density at radius 3 is 1.24 bits per heavy atom. The molecule has 1 aliphatic heterocycles. The van der Waals surface area contributed by atoms with Crippen molar-refractivity contribution in [1.82, 2.24) is 9.80 Å². The van der Waals surface area contributed by atoms with Crippen molar-refractivity contribution in [1.29, 1.82) is 0 Å². The number of benzene rings is 2. The summed E-state index contributed by atoms with van der Waals surface area (Å²) in [6.45, 7) is 18.9. The molecule has 3 rings (SSSR count). The van der Waals surface area contributed by atoms with Gasteiger partial charge in [-0.25, -0.2) is 0 Å². The van der Waals surface area contributed by atoms with Gasteiger partial charge in [0.25, 0.3) is 0 Å². The molecule has 0 aliphatic carbocycles. The van der Waals surface area contributed by atoms with Crippen LogP contribution in [0.25, 0.3) is 0 Å². The van der Waals surface area contributed by atoms with E-state index in [2.05, 4.69) is 75.6 Å². The smallest absolute Gasteiger partial charge is 0.0513 e. The third-order valence-electron chi connectivity index (χ3n) is 5.58. The lowest BCUT2D eigenvalue weighted by atomic mass is 9.99. The van der Waals surface area contributed by atoms with Gasteiger partial charge in [0.1, 0.15) is 0 Å². The molecule has 0 radical (unpaired) electrons. The summed E-state index contributed by atoms with van der Waals surface area (Å²) in [5, 5.41) is 0. The summed E-state index contributed by atoms with van der Waals surface area (Å²) in [4.78, 5) is 5.17. The standard InChI is InChI=1S/C23H32N2/c1-16-9-18(3)22(19(4)10-16)13-24-7-8-25(15-24)14-23-20(5)11-17(2)12-21(23)6/h9-12H,7-8,13-15H2,1-6H3. The zero-order valence-electron chi connectivity index (χ0n) is 16.7. The summed E-state index contributed by atoms with van der Waals surface area (Å²) >= 11 is 0. The lowest BCUT2D eigenvalue weighted by molar-refractivity contribution is 0.234. The van der Waals surface area contributed by atoms with Crippen molar-refractivity contribution in [2.45, 2.75) is 54.6 Å². The topological polar surface area (TPSA) is 6.48 Å². The van der Waals surface area contributed by atoms with Crippen LogP contribution in [0.3, 0.4) is 0 Å². The van der Waals surface area contributed by atoms with E-state index in [0.717, 1.165) is 32.8 Å². The number of hydrogen-bond donors (Lipinski definition) is 0. The SMILES string of the molecule is Cc1cc(C)c(CN2CCN(Cc3c(C)cc(C)cc3C)C2)c(C)c1. The van der Waals surface area contributed by atoms with Crippen LogP contribution in [0.15, 0.2) is 24.3 Å². The normalized spacial score (nSPS) is 15.9. The Kier molecular flexibility index (Phi) is 5.31. The van der Waals surface area contributed by atoms with Crippen LogP contribution in [0.5, 0.6) is 0 Å². The molecule has 0 bridgehead atoms. The van der Waals surface area contributed by atoms with Crippen LogP contribution in [-0.2, 0) is 13.1 Å². The van der Waals surface area contributed by atoms with Gasteiger partial charge >= 0.3 is 0 Å². The first kappa shape index (κ1) is 18.2. The van der Waals surface area contributed by atoms with Crippen LogP contribution in [0, 0.1) is 41.5 Å². The van der Waals surface area contributed by atoms with Gasteiger partial charge in [-0.3, -0.25) is 9.80 Å². The van der Waals surface area contributed by atoms with Gasteiger partial charge in [-0.15, -0.1) is 0 Å². The van der Waals surface area contributed by atoms with Crippen LogP contribution in [0.1, 0.15) is 44.5 Å². The molecule has 2 aromatic rings. The van der Waals surface area contributed by atoms with E-state index < -0.39 is 0 Å². The zero-order chi connectivity index (χ0) is 18.1. The number of hydrogen-bond acceptors (Lipinski definition) is 2. The summed E-state index contributed by atoms with van der Waals surface area (Å²) in [5.41, 5.74) is 11.5. The molecule has 2 aromatic carbocycles. The predicted octanol–water partition coefficient (Wildman–Crippen LogP) is 4.81. The molecular weight excluding hydrogens is 304 g/mol. The van der Waals surface area contributed by atoms with Crippen molar-refractivity contribution in [2.24, 2.45) is 0 Å². The maximum Gasteiger partial charge on any atom is 0.0513 e. The molecule has 2 nitrogen and oxygen atoms in total. The molecule has 25 heavy (non-hydrogen) atoms. The van der Waals surface area contributed by atoms with E-state index in [4.69, 9.17) is 0 Å². The van der Waals surface area contributed by atoms with E-state index in [0.29, 0.717) is 0 Å². The minimum atomic E-state index is 1.07. The second kappa shape index (κ2) is 7.31. The van der Waals surface area contributed by atoms with Crippen molar-refractivity contribution in [2.75, 3.05) is 19.8 Å². The quantitative estimate of drug-likeness (QED) is 0.790. The molecule has 1 fully saturated rings. The average molecular weight is 337 g/mol. The highest BCUT2D eigenvalue weighted by molar-refractivity contribution is 5.38. The molecule has 0 unspecified atom stereocenters. The third-order valence-corrected chi connectivity index (χ3v) is 5.58. The van der Waals surface area contributed by atoms with Gasteiger partial charge in [0.15, 0.2) is 0 Å². The van der Waals surface area contributed by atoms with E-state index in [1.165, 1.54) is 44.5 Å². The van der Waals surface area contributed by atoms with Crippen LogP contribution in [0.2, 0.25) is 0 Å². The first-order valence-corrected chi connectivity index (χ1v) is 9.41. The predicted molar refractivity (Wildman–Crippen MR) is 107 cm³/mol. The molecule has 0 spiro atoms. The molecule has 1 aliphatic rings. The second-order valence-electron chi connectivity index (χ2n) is 8.00. The largest absolute Gasteiger partial charge is 0.285 e. The van der Waals surface area contributed by atoms with Crippen molar-refractivity contribution >= 4 is 0 Å². The van der Waals surface area contributed by atoms with Crippen LogP contribution < -0.4 is 0 Å². The number of aryl methyl sites for hydroxylation is 6. The lowest BCUT2D eigenvalue weighted by Crippen LogP contribution is -2.26. The molecule has 0 aromatic heterocycles. The maximum atomic E-state index is 2.59. The summed E-state index contributed by atoms with van der Waals surface area (Å²) < 4.78 is 0. The van der Waals surface area contributed by atoms with Crippen LogP contribution in [0.4, 0.5) is 0 Å². The lowest BCUT2D eigenvalue weighted by Gasteiger charge is -2.22. The molecular formula is C23H32N2. The van der Waals surface area contributed by atoms with Crippen LogP contribution in [-0.4, -0.2) is 29.6 Å². The summed E-state index contributed by atoms with van der Waals surface area (Å²) in [6.07, 6.45) is 0. The van der Waals surface area contributed by atoms with Gasteiger partial charge in [0, 0.05) is 26.2 Å². The highest BCUT2D eigenvalue weighted by atomic mass is 15.4. The van der Waals surface area contributed by atoms with E-state index in [9.17, 15) is 0 Å². The molecule has 0 atom stereocenters. The monoisotopic (exact) mass is 336 g/mol. The molecule has 0 amide bonds. The summed E-state index contributed by atoms with van der Waals surface area (Å²) in [5.74, 6) is 0. The fraction of sp³-hybridized carbons (Fsp3) is 0.478. The maximum absolute atomic E-state index is 2.59. The average Bonchev–Trinajstić information content (AvgIpc) is 2.94. The Hall–Kier alpha value is -1.64. The van der Waals surface area contributed by atoms with Crippen molar-refractivity contribution in [3.8, 4) is 0 Å². The van der Waals surface area contributed by atoms with Gasteiger partial charge in [0.05, 0.1) is 6.67 Å². The number of rotatable bonds is 4. The van der Waals surface area contributed by atoms with E-state index >= 15 is 0 Å². The Labute approximate surface area is 153 Å². The highest BCUT2D eigenvalue weighted by Gasteiger charge is 2.22. The Balaban J connectivity index is 1.67. The summed E-state index contributed by atoms with van der Waals surface area (Å²) in [6, 6.07) is 9.26. The molecule has 0 saturated carbocycles. The van der Waals surface area contributed by atoms with Gasteiger partial charge in [-0.1, -0.05) is 35.4 Å². The molecule has 1 heterocycles. The fourth-order valence-electron chi connectivity index (χ4n) is 4.33. The highest BCUT2D eigenvalue weighted by Crippen LogP contribution is 2.23. The van der Waals surface area contributed by atoms with Crippen molar-refractivity contribution in [3.63, 3.8) is 0 Å². The Morgan fingerprint density at radius 2 is 0.920 bits per heavy atom. The second-order valence-corrected chi connectivity index (χ2v) is 8.00. The van der Waals surface area contributed by atoms with Gasteiger partial charge in [-0.05, 0) is 74.9 Å².